The first kappa shape index (κ1) is 16.9. The summed E-state index contributed by atoms with van der Waals surface area (Å²) < 4.78 is 4.53. The van der Waals surface area contributed by atoms with Gasteiger partial charge in [0.15, 0.2) is 0 Å². The SMILES string of the molecule is COC(=O)CNC(=O)C1(NC(=O)c2ccc3[nH]ncc3c2)CCCC1. The molecular weight excluding hydrogens is 324 g/mol. The van der Waals surface area contributed by atoms with Gasteiger partial charge in [-0.05, 0) is 31.0 Å². The molecule has 0 bridgehead atoms. The lowest BCUT2D eigenvalue weighted by Crippen LogP contribution is -2.57. The van der Waals surface area contributed by atoms with E-state index in [4.69, 9.17) is 0 Å². The summed E-state index contributed by atoms with van der Waals surface area (Å²) in [6.07, 6.45) is 4.40. The Kier molecular flexibility index (Phi) is 4.69. The fraction of sp³-hybridized carbons (Fsp3) is 0.412. The van der Waals surface area contributed by atoms with Gasteiger partial charge in [-0.25, -0.2) is 0 Å². The van der Waals surface area contributed by atoms with E-state index in [0.29, 0.717) is 18.4 Å². The van der Waals surface area contributed by atoms with E-state index in [2.05, 4.69) is 25.6 Å². The Morgan fingerprint density at radius 3 is 2.76 bits per heavy atom. The first-order valence-corrected chi connectivity index (χ1v) is 8.15. The number of aromatic nitrogens is 2. The molecule has 1 aromatic heterocycles. The van der Waals surface area contributed by atoms with Gasteiger partial charge in [-0.2, -0.15) is 5.10 Å². The number of benzene rings is 1. The number of ether oxygens (including phenoxy) is 1. The van der Waals surface area contributed by atoms with Crippen molar-refractivity contribution in [2.24, 2.45) is 0 Å². The summed E-state index contributed by atoms with van der Waals surface area (Å²) in [7, 11) is 1.26. The molecule has 132 valence electrons. The van der Waals surface area contributed by atoms with Crippen LogP contribution in [0.4, 0.5) is 0 Å². The molecule has 0 aliphatic heterocycles. The standard InChI is InChI=1S/C17H20N4O4/c1-25-14(22)10-18-16(24)17(6-2-3-7-17)20-15(23)11-4-5-13-12(8-11)9-19-21-13/h4-5,8-9H,2-3,6-7,10H2,1H3,(H,18,24)(H,19,21)(H,20,23). The molecule has 8 heteroatoms. The molecule has 1 aliphatic rings. The molecule has 0 saturated heterocycles. The first-order valence-electron chi connectivity index (χ1n) is 8.15. The maximum absolute atomic E-state index is 12.7. The zero-order valence-electron chi connectivity index (χ0n) is 13.9. The molecule has 0 spiro atoms. The third-order valence-corrected chi connectivity index (χ3v) is 4.57. The number of carbonyl (C=O) groups excluding carboxylic acids is 3. The minimum atomic E-state index is -0.990. The van der Waals surface area contributed by atoms with Gasteiger partial charge in [-0.15, -0.1) is 0 Å². The molecule has 0 unspecified atom stereocenters. The van der Waals surface area contributed by atoms with Crippen molar-refractivity contribution in [3.05, 3.63) is 30.0 Å². The largest absolute Gasteiger partial charge is 0.468 e. The van der Waals surface area contributed by atoms with E-state index < -0.39 is 11.5 Å². The predicted octanol–water partition coefficient (Wildman–Crippen LogP) is 0.895. The zero-order chi connectivity index (χ0) is 17.9. The average molecular weight is 344 g/mol. The number of hydrogen-bond acceptors (Lipinski definition) is 5. The smallest absolute Gasteiger partial charge is 0.325 e. The summed E-state index contributed by atoms with van der Waals surface area (Å²) in [4.78, 5) is 36.5. The van der Waals surface area contributed by atoms with Crippen LogP contribution in [0.5, 0.6) is 0 Å². The Hall–Kier alpha value is -2.90. The first-order chi connectivity index (χ1) is 12.0. The second-order valence-corrected chi connectivity index (χ2v) is 6.17. The van der Waals surface area contributed by atoms with Gasteiger partial charge in [0.25, 0.3) is 5.91 Å². The molecule has 2 amide bonds. The third kappa shape index (κ3) is 3.47. The molecule has 8 nitrogen and oxygen atoms in total. The van der Waals surface area contributed by atoms with E-state index in [1.165, 1.54) is 7.11 Å². The zero-order valence-corrected chi connectivity index (χ0v) is 13.9. The Bertz CT molecular complexity index is 808. The molecule has 0 atom stereocenters. The molecule has 0 radical (unpaired) electrons. The monoisotopic (exact) mass is 344 g/mol. The van der Waals surface area contributed by atoms with Gasteiger partial charge in [0.05, 0.1) is 18.8 Å². The van der Waals surface area contributed by atoms with Crippen LogP contribution >= 0.6 is 0 Å². The number of H-pyrrole nitrogens is 1. The second kappa shape index (κ2) is 6.92. The van der Waals surface area contributed by atoms with Crippen molar-refractivity contribution in [3.8, 4) is 0 Å². The van der Waals surface area contributed by atoms with E-state index in [1.54, 1.807) is 24.4 Å². The van der Waals surface area contributed by atoms with Crippen LogP contribution in [0.15, 0.2) is 24.4 Å². The maximum Gasteiger partial charge on any atom is 0.325 e. The summed E-state index contributed by atoms with van der Waals surface area (Å²) >= 11 is 0. The van der Waals surface area contributed by atoms with Gasteiger partial charge in [-0.3, -0.25) is 19.5 Å². The van der Waals surface area contributed by atoms with E-state index in [0.717, 1.165) is 23.7 Å². The number of nitrogens with zero attached hydrogens (tertiary/aromatic N) is 1. The summed E-state index contributed by atoms with van der Waals surface area (Å²) in [6, 6.07) is 5.18. The highest BCUT2D eigenvalue weighted by molar-refractivity contribution is 6.01. The quantitative estimate of drug-likeness (QED) is 0.697. The number of esters is 1. The predicted molar refractivity (Wildman–Crippen MR) is 89.8 cm³/mol. The van der Waals surface area contributed by atoms with Crippen LogP contribution in [0.3, 0.4) is 0 Å². The fourth-order valence-electron chi connectivity index (χ4n) is 3.15. The fourth-order valence-corrected chi connectivity index (χ4v) is 3.15. The number of methoxy groups -OCH3 is 1. The molecule has 1 fully saturated rings. The maximum atomic E-state index is 12.7. The van der Waals surface area contributed by atoms with Gasteiger partial charge in [-0.1, -0.05) is 12.8 Å². The molecule has 1 aromatic carbocycles. The van der Waals surface area contributed by atoms with Gasteiger partial charge in [0.2, 0.25) is 5.91 Å². The molecule has 1 aliphatic carbocycles. The molecular formula is C17H20N4O4. The van der Waals surface area contributed by atoms with Crippen LogP contribution in [-0.2, 0) is 14.3 Å². The van der Waals surface area contributed by atoms with Crippen LogP contribution in [0.2, 0.25) is 0 Å². The van der Waals surface area contributed by atoms with Crippen molar-refractivity contribution >= 4 is 28.7 Å². The topological polar surface area (TPSA) is 113 Å². The number of rotatable bonds is 5. The highest BCUT2D eigenvalue weighted by Crippen LogP contribution is 2.30. The number of carbonyl (C=O) groups is 3. The number of fused-ring (bicyclic) bond motifs is 1. The Labute approximate surface area is 144 Å². The summed E-state index contributed by atoms with van der Waals surface area (Å²) in [5, 5.41) is 13.0. The van der Waals surface area contributed by atoms with Crippen molar-refractivity contribution in [2.45, 2.75) is 31.2 Å². The van der Waals surface area contributed by atoms with Crippen LogP contribution < -0.4 is 10.6 Å². The van der Waals surface area contributed by atoms with Crippen molar-refractivity contribution in [2.75, 3.05) is 13.7 Å². The molecule has 3 rings (SSSR count). The lowest BCUT2D eigenvalue weighted by Gasteiger charge is -2.29. The van der Waals surface area contributed by atoms with Gasteiger partial charge >= 0.3 is 5.97 Å². The minimum Gasteiger partial charge on any atom is -0.468 e. The molecule has 3 N–H and O–H groups in total. The minimum absolute atomic E-state index is 0.214. The summed E-state index contributed by atoms with van der Waals surface area (Å²) in [5.41, 5.74) is 0.306. The summed E-state index contributed by atoms with van der Waals surface area (Å²) in [6.45, 7) is -0.214. The number of aromatic amines is 1. The molecule has 25 heavy (non-hydrogen) atoms. The van der Waals surface area contributed by atoms with Crippen molar-refractivity contribution in [1.29, 1.82) is 0 Å². The van der Waals surface area contributed by atoms with Crippen LogP contribution in [0.1, 0.15) is 36.0 Å². The van der Waals surface area contributed by atoms with Crippen molar-refractivity contribution in [1.82, 2.24) is 20.8 Å². The Morgan fingerprint density at radius 1 is 1.28 bits per heavy atom. The second-order valence-electron chi connectivity index (χ2n) is 6.17. The molecule has 1 heterocycles. The average Bonchev–Trinajstić information content (AvgIpc) is 3.28. The van der Waals surface area contributed by atoms with Crippen molar-refractivity contribution in [3.63, 3.8) is 0 Å². The van der Waals surface area contributed by atoms with Gasteiger partial charge < -0.3 is 15.4 Å². The van der Waals surface area contributed by atoms with Gasteiger partial charge in [0, 0.05) is 10.9 Å². The van der Waals surface area contributed by atoms with Gasteiger partial charge in [0.1, 0.15) is 12.1 Å². The molecule has 1 saturated carbocycles. The van der Waals surface area contributed by atoms with E-state index in [9.17, 15) is 14.4 Å². The lowest BCUT2D eigenvalue weighted by atomic mass is 9.95. The lowest BCUT2D eigenvalue weighted by molar-refractivity contribution is -0.141. The number of hydrogen-bond donors (Lipinski definition) is 3. The Morgan fingerprint density at radius 2 is 2.04 bits per heavy atom. The highest BCUT2D eigenvalue weighted by Gasteiger charge is 2.42. The van der Waals surface area contributed by atoms with Crippen LogP contribution in [0.25, 0.3) is 10.9 Å². The van der Waals surface area contributed by atoms with E-state index in [-0.39, 0.29) is 18.4 Å². The van der Waals surface area contributed by atoms with Crippen LogP contribution in [0, 0.1) is 0 Å². The van der Waals surface area contributed by atoms with E-state index >= 15 is 0 Å². The molecule has 2 aromatic rings. The summed E-state index contributed by atoms with van der Waals surface area (Å²) in [5.74, 6) is -1.20. The van der Waals surface area contributed by atoms with Crippen molar-refractivity contribution < 1.29 is 19.1 Å². The van der Waals surface area contributed by atoms with E-state index in [1.807, 2.05) is 0 Å². The van der Waals surface area contributed by atoms with Crippen LogP contribution in [-0.4, -0.2) is 47.2 Å². The number of amides is 2. The third-order valence-electron chi connectivity index (χ3n) is 4.57. The Balaban J connectivity index is 1.75. The normalized spacial score (nSPS) is 15.7. The highest BCUT2D eigenvalue weighted by atomic mass is 16.5. The number of nitrogens with one attached hydrogen (secondary N) is 3.